The van der Waals surface area contributed by atoms with Gasteiger partial charge in [0.1, 0.15) is 0 Å². The third-order valence-electron chi connectivity index (χ3n) is 2.91. The van der Waals surface area contributed by atoms with E-state index in [0.29, 0.717) is 0 Å². The van der Waals surface area contributed by atoms with E-state index in [2.05, 4.69) is 4.98 Å². The van der Waals surface area contributed by atoms with E-state index in [-0.39, 0.29) is 32.9 Å². The third-order valence-corrected chi connectivity index (χ3v) is 4.00. The second-order valence-corrected chi connectivity index (χ2v) is 5.58. The van der Waals surface area contributed by atoms with E-state index in [4.69, 9.17) is 34.8 Å². The Kier molecular flexibility index (Phi) is 3.84. The van der Waals surface area contributed by atoms with Crippen LogP contribution in [-0.4, -0.2) is 26.8 Å². The minimum atomic E-state index is -1.28. The molecule has 2 rings (SSSR count). The van der Waals surface area contributed by atoms with Crippen LogP contribution < -0.4 is 4.90 Å². The lowest BCUT2D eigenvalue weighted by atomic mass is 10.3. The highest BCUT2D eigenvalue weighted by atomic mass is 35.5. The van der Waals surface area contributed by atoms with Crippen LogP contribution in [0.15, 0.2) is 10.6 Å². The highest BCUT2D eigenvalue weighted by Gasteiger charge is 2.39. The summed E-state index contributed by atoms with van der Waals surface area (Å²) in [5.74, 6) is -0.336. The maximum atomic E-state index is 12.0. The van der Waals surface area contributed by atoms with Gasteiger partial charge >= 0.3 is 0 Å². The average Bonchev–Trinajstić information content (AvgIpc) is 2.71. The van der Waals surface area contributed by atoms with Gasteiger partial charge in [0.15, 0.2) is 17.2 Å². The second-order valence-electron chi connectivity index (χ2n) is 4.48. The number of rotatable bonds is 2. The van der Waals surface area contributed by atoms with Gasteiger partial charge in [-0.2, -0.15) is 4.98 Å². The summed E-state index contributed by atoms with van der Waals surface area (Å²) in [6.45, 7) is 5.28. The minimum absolute atomic E-state index is 0.0272. The quantitative estimate of drug-likeness (QED) is 0.910. The number of amides is 1. The van der Waals surface area contributed by atoms with Crippen molar-refractivity contribution in [2.24, 2.45) is 0 Å². The monoisotopic (exact) mass is 323 g/mol. The van der Waals surface area contributed by atoms with Gasteiger partial charge in [0.05, 0.1) is 5.03 Å². The fourth-order valence-electron chi connectivity index (χ4n) is 1.88. The first-order chi connectivity index (χ1) is 8.77. The van der Waals surface area contributed by atoms with Gasteiger partial charge in [0.25, 0.3) is 5.91 Å². The number of hydrogen-bond acceptors (Lipinski definition) is 3. The van der Waals surface area contributed by atoms with E-state index < -0.39 is 12.1 Å². The number of halogens is 3. The zero-order chi connectivity index (χ0) is 14.5. The van der Waals surface area contributed by atoms with Gasteiger partial charge in [0, 0.05) is 11.6 Å². The van der Waals surface area contributed by atoms with Gasteiger partial charge in [-0.3, -0.25) is 9.69 Å². The van der Waals surface area contributed by atoms with Crippen LogP contribution in [0.2, 0.25) is 10.4 Å². The Morgan fingerprint density at radius 2 is 1.89 bits per heavy atom. The van der Waals surface area contributed by atoms with Crippen molar-refractivity contribution in [1.29, 1.82) is 0 Å². The number of aliphatic hydroxyl groups excluding tert-OH is 1. The predicted molar refractivity (Wildman–Crippen MR) is 74.7 cm³/mol. The molecule has 1 atom stereocenters. The molecule has 0 aromatic carbocycles. The minimum Gasteiger partial charge on any atom is -0.368 e. The summed E-state index contributed by atoms with van der Waals surface area (Å²) >= 11 is 18.0. The third kappa shape index (κ3) is 2.14. The molecule has 0 spiro atoms. The van der Waals surface area contributed by atoms with Crippen LogP contribution in [-0.2, 0) is 4.79 Å². The van der Waals surface area contributed by atoms with Crippen molar-refractivity contribution in [1.82, 2.24) is 9.55 Å². The van der Waals surface area contributed by atoms with E-state index in [9.17, 15) is 9.90 Å². The van der Waals surface area contributed by atoms with E-state index in [1.54, 1.807) is 4.57 Å². The lowest BCUT2D eigenvalue weighted by Crippen LogP contribution is -2.35. The summed E-state index contributed by atoms with van der Waals surface area (Å²) in [5.41, 5.74) is 0.264. The Hall–Kier alpha value is -0.750. The standard InChI is InChI=1S/C11H12Cl3N3O2/c1-4(2)16-7(13)8(15-11(16)14)17-9(18)5(3)6(12)10(17)19/h4,10,19H,1-3H3. The molecule has 1 amide bonds. The smallest absolute Gasteiger partial charge is 0.258 e. The zero-order valence-corrected chi connectivity index (χ0v) is 12.8. The first kappa shape index (κ1) is 14.7. The predicted octanol–water partition coefficient (Wildman–Crippen LogP) is 2.95. The normalized spacial score (nSPS) is 20.1. The van der Waals surface area contributed by atoms with Crippen LogP contribution in [0.3, 0.4) is 0 Å². The molecule has 1 unspecified atom stereocenters. The Bertz CT molecular complexity index is 580. The molecule has 104 valence electrons. The molecule has 0 fully saturated rings. The van der Waals surface area contributed by atoms with Gasteiger partial charge in [-0.25, -0.2) is 0 Å². The number of imidazole rings is 1. The molecule has 1 aliphatic heterocycles. The van der Waals surface area contributed by atoms with Gasteiger partial charge in [0.2, 0.25) is 5.28 Å². The Morgan fingerprint density at radius 1 is 1.32 bits per heavy atom. The van der Waals surface area contributed by atoms with E-state index in [1.807, 2.05) is 13.8 Å². The summed E-state index contributed by atoms with van der Waals surface area (Å²) in [6, 6.07) is -0.0272. The van der Waals surface area contributed by atoms with Crippen LogP contribution in [0.1, 0.15) is 26.8 Å². The molecule has 0 bridgehead atoms. The molecule has 1 aliphatic rings. The molecule has 0 saturated carbocycles. The molecule has 0 aliphatic carbocycles. The highest BCUT2D eigenvalue weighted by Crippen LogP contribution is 2.38. The van der Waals surface area contributed by atoms with Crippen LogP contribution in [0, 0.1) is 0 Å². The molecule has 1 aromatic heterocycles. The van der Waals surface area contributed by atoms with Crippen molar-refractivity contribution >= 4 is 46.5 Å². The Balaban J connectivity index is 2.51. The van der Waals surface area contributed by atoms with Crippen molar-refractivity contribution in [3.63, 3.8) is 0 Å². The maximum Gasteiger partial charge on any atom is 0.258 e. The van der Waals surface area contributed by atoms with Gasteiger partial charge < -0.3 is 9.67 Å². The molecule has 0 radical (unpaired) electrons. The molecule has 1 N–H and O–H groups in total. The fourth-order valence-corrected chi connectivity index (χ4v) is 2.87. The van der Waals surface area contributed by atoms with Crippen LogP contribution in [0.4, 0.5) is 5.82 Å². The summed E-state index contributed by atoms with van der Waals surface area (Å²) in [6.07, 6.45) is -1.28. The summed E-state index contributed by atoms with van der Waals surface area (Å²) in [7, 11) is 0. The SMILES string of the molecule is CC1=C(Cl)C(O)N(c2nc(Cl)n(C(C)C)c2Cl)C1=O. The number of aliphatic hydroxyl groups is 1. The number of carbonyl (C=O) groups excluding carboxylic acids is 1. The van der Waals surface area contributed by atoms with Crippen molar-refractivity contribution in [3.05, 3.63) is 21.0 Å². The number of nitrogens with zero attached hydrogens (tertiary/aromatic N) is 3. The summed E-state index contributed by atoms with van der Waals surface area (Å²) < 4.78 is 1.56. The average molecular weight is 325 g/mol. The van der Waals surface area contributed by atoms with E-state index in [0.717, 1.165) is 4.90 Å². The molecule has 0 saturated heterocycles. The van der Waals surface area contributed by atoms with Gasteiger partial charge in [-0.15, -0.1) is 0 Å². The summed E-state index contributed by atoms with van der Waals surface area (Å²) in [5, 5.41) is 10.4. The molecule has 19 heavy (non-hydrogen) atoms. The lowest BCUT2D eigenvalue weighted by Gasteiger charge is -2.19. The van der Waals surface area contributed by atoms with Crippen LogP contribution in [0.25, 0.3) is 0 Å². The number of hydrogen-bond donors (Lipinski definition) is 1. The topological polar surface area (TPSA) is 58.4 Å². The molecule has 8 heteroatoms. The number of anilines is 1. The van der Waals surface area contributed by atoms with E-state index >= 15 is 0 Å². The Morgan fingerprint density at radius 3 is 2.26 bits per heavy atom. The van der Waals surface area contributed by atoms with E-state index in [1.165, 1.54) is 6.92 Å². The van der Waals surface area contributed by atoms with Crippen molar-refractivity contribution < 1.29 is 9.90 Å². The molecule has 2 heterocycles. The van der Waals surface area contributed by atoms with Crippen molar-refractivity contribution in [2.75, 3.05) is 4.90 Å². The maximum absolute atomic E-state index is 12.0. The van der Waals surface area contributed by atoms with Crippen LogP contribution >= 0.6 is 34.8 Å². The van der Waals surface area contributed by atoms with Gasteiger partial charge in [-0.1, -0.05) is 23.2 Å². The molecular weight excluding hydrogens is 312 g/mol. The van der Waals surface area contributed by atoms with Crippen molar-refractivity contribution in [2.45, 2.75) is 33.0 Å². The fraction of sp³-hybridized carbons (Fsp3) is 0.455. The molecule has 5 nitrogen and oxygen atoms in total. The summed E-state index contributed by atoms with van der Waals surface area (Å²) in [4.78, 5) is 17.1. The second kappa shape index (κ2) is 4.98. The van der Waals surface area contributed by atoms with Gasteiger partial charge in [-0.05, 0) is 32.4 Å². The largest absolute Gasteiger partial charge is 0.368 e. The first-order valence-corrected chi connectivity index (χ1v) is 6.71. The highest BCUT2D eigenvalue weighted by molar-refractivity contribution is 6.38. The van der Waals surface area contributed by atoms with Crippen molar-refractivity contribution in [3.8, 4) is 0 Å². The van der Waals surface area contributed by atoms with Crippen LogP contribution in [0.5, 0.6) is 0 Å². The first-order valence-electron chi connectivity index (χ1n) is 5.58. The lowest BCUT2D eigenvalue weighted by molar-refractivity contribution is -0.115. The number of carbonyl (C=O) groups is 1. The Labute approximate surface area is 125 Å². The number of aromatic nitrogens is 2. The molecular formula is C11H12Cl3N3O2. The molecule has 1 aromatic rings. The zero-order valence-electron chi connectivity index (χ0n) is 10.5.